The summed E-state index contributed by atoms with van der Waals surface area (Å²) in [5.74, 6) is -2.24. The van der Waals surface area contributed by atoms with Gasteiger partial charge in [-0.2, -0.15) is 0 Å². The lowest BCUT2D eigenvalue weighted by molar-refractivity contribution is 0.0689. The molecule has 0 heterocycles. The topological polar surface area (TPSA) is 83.5 Å². The van der Waals surface area contributed by atoms with Gasteiger partial charge in [0, 0.05) is 0 Å². The Labute approximate surface area is 79.8 Å². The van der Waals surface area contributed by atoms with Crippen molar-refractivity contribution in [1.29, 1.82) is 0 Å². The summed E-state index contributed by atoms with van der Waals surface area (Å²) in [7, 11) is 0. The molecule has 0 aliphatic rings. The van der Waals surface area contributed by atoms with Crippen LogP contribution in [0.2, 0.25) is 0 Å². The Balaban J connectivity index is 3.28. The largest absolute Gasteiger partial charge is 0.478 e. The van der Waals surface area contributed by atoms with Crippen LogP contribution in [0.3, 0.4) is 0 Å². The summed E-state index contributed by atoms with van der Waals surface area (Å²) < 4.78 is 13.1. The van der Waals surface area contributed by atoms with E-state index in [1.165, 1.54) is 12.1 Å². The second kappa shape index (κ2) is 4.17. The molecular formula is C9H10FNO3. The standard InChI is InChI=1S/C9H10FNO3/c10-6-3-1-2-5(7(11)4-12)8(6)9(13)14/h1-3,7,12H,4,11H2,(H,13,14). The molecule has 14 heavy (non-hydrogen) atoms. The van der Waals surface area contributed by atoms with Crippen LogP contribution in [-0.2, 0) is 0 Å². The van der Waals surface area contributed by atoms with E-state index in [1.54, 1.807) is 0 Å². The predicted octanol–water partition coefficient (Wildman–Crippen LogP) is 0.516. The van der Waals surface area contributed by atoms with E-state index in [-0.39, 0.29) is 5.56 Å². The average molecular weight is 199 g/mol. The van der Waals surface area contributed by atoms with Crippen molar-refractivity contribution in [1.82, 2.24) is 0 Å². The van der Waals surface area contributed by atoms with E-state index in [0.29, 0.717) is 0 Å². The normalized spacial score (nSPS) is 12.5. The Morgan fingerprint density at radius 2 is 2.21 bits per heavy atom. The van der Waals surface area contributed by atoms with Crippen molar-refractivity contribution in [3.63, 3.8) is 0 Å². The fourth-order valence-electron chi connectivity index (χ4n) is 1.17. The number of benzene rings is 1. The summed E-state index contributed by atoms with van der Waals surface area (Å²) in [6.07, 6.45) is 0. The highest BCUT2D eigenvalue weighted by Gasteiger charge is 2.19. The number of rotatable bonds is 3. The van der Waals surface area contributed by atoms with Crippen molar-refractivity contribution in [3.8, 4) is 0 Å². The molecule has 0 aliphatic carbocycles. The molecule has 1 unspecified atom stereocenters. The number of halogens is 1. The van der Waals surface area contributed by atoms with Gasteiger partial charge in [-0.15, -0.1) is 0 Å². The Morgan fingerprint density at radius 3 is 2.71 bits per heavy atom. The van der Waals surface area contributed by atoms with Gasteiger partial charge in [0.05, 0.1) is 18.2 Å². The van der Waals surface area contributed by atoms with E-state index in [1.807, 2.05) is 0 Å². The Kier molecular flexibility index (Phi) is 3.16. The third-order valence-electron chi connectivity index (χ3n) is 1.86. The van der Waals surface area contributed by atoms with Crippen LogP contribution >= 0.6 is 0 Å². The Bertz CT molecular complexity index is 354. The fourth-order valence-corrected chi connectivity index (χ4v) is 1.17. The van der Waals surface area contributed by atoms with Crippen LogP contribution in [0, 0.1) is 5.82 Å². The van der Waals surface area contributed by atoms with Gasteiger partial charge < -0.3 is 15.9 Å². The maximum atomic E-state index is 13.1. The minimum absolute atomic E-state index is 0.0972. The smallest absolute Gasteiger partial charge is 0.339 e. The zero-order valence-corrected chi connectivity index (χ0v) is 7.27. The van der Waals surface area contributed by atoms with Crippen LogP contribution in [0.5, 0.6) is 0 Å². The zero-order chi connectivity index (χ0) is 10.7. The number of carbonyl (C=O) groups is 1. The van der Waals surface area contributed by atoms with Gasteiger partial charge in [-0.3, -0.25) is 0 Å². The second-order valence-electron chi connectivity index (χ2n) is 2.80. The lowest BCUT2D eigenvalue weighted by Crippen LogP contribution is -2.19. The Hall–Kier alpha value is -1.46. The lowest BCUT2D eigenvalue weighted by atomic mass is 10.0. The number of hydrogen-bond acceptors (Lipinski definition) is 3. The van der Waals surface area contributed by atoms with Crippen LogP contribution in [0.4, 0.5) is 4.39 Å². The summed E-state index contributed by atoms with van der Waals surface area (Å²) in [5.41, 5.74) is 5.04. The van der Waals surface area contributed by atoms with Crippen molar-refractivity contribution in [2.75, 3.05) is 6.61 Å². The number of nitrogens with two attached hydrogens (primary N) is 1. The number of carboxylic acids is 1. The monoisotopic (exact) mass is 199 g/mol. The van der Waals surface area contributed by atoms with Gasteiger partial charge in [0.25, 0.3) is 0 Å². The molecule has 1 rings (SSSR count). The molecule has 1 aromatic carbocycles. The summed E-state index contributed by atoms with van der Waals surface area (Å²) in [6.45, 7) is -0.427. The van der Waals surface area contributed by atoms with Crippen molar-refractivity contribution < 1.29 is 19.4 Å². The number of aliphatic hydroxyl groups excluding tert-OH is 1. The highest BCUT2D eigenvalue weighted by Crippen LogP contribution is 2.18. The molecular weight excluding hydrogens is 189 g/mol. The van der Waals surface area contributed by atoms with Gasteiger partial charge >= 0.3 is 5.97 Å². The van der Waals surface area contributed by atoms with Crippen molar-refractivity contribution in [2.45, 2.75) is 6.04 Å². The van der Waals surface area contributed by atoms with Crippen molar-refractivity contribution in [2.24, 2.45) is 5.73 Å². The van der Waals surface area contributed by atoms with E-state index in [0.717, 1.165) is 6.07 Å². The fraction of sp³-hybridized carbons (Fsp3) is 0.222. The van der Waals surface area contributed by atoms with E-state index < -0.39 is 30.0 Å². The minimum Gasteiger partial charge on any atom is -0.478 e. The van der Waals surface area contributed by atoms with Crippen LogP contribution in [-0.4, -0.2) is 22.8 Å². The SMILES string of the molecule is NC(CO)c1cccc(F)c1C(=O)O. The highest BCUT2D eigenvalue weighted by atomic mass is 19.1. The van der Waals surface area contributed by atoms with Crippen molar-refractivity contribution in [3.05, 3.63) is 35.1 Å². The third-order valence-corrected chi connectivity index (χ3v) is 1.86. The predicted molar refractivity (Wildman–Crippen MR) is 47.4 cm³/mol. The highest BCUT2D eigenvalue weighted by molar-refractivity contribution is 5.89. The molecule has 76 valence electrons. The van der Waals surface area contributed by atoms with E-state index in [9.17, 15) is 9.18 Å². The van der Waals surface area contributed by atoms with Gasteiger partial charge in [0.2, 0.25) is 0 Å². The summed E-state index contributed by atoms with van der Waals surface area (Å²) in [4.78, 5) is 10.7. The summed E-state index contributed by atoms with van der Waals surface area (Å²) in [6, 6.07) is 2.90. The molecule has 4 nitrogen and oxygen atoms in total. The number of hydrogen-bond donors (Lipinski definition) is 3. The number of aromatic carboxylic acids is 1. The van der Waals surface area contributed by atoms with E-state index in [4.69, 9.17) is 15.9 Å². The summed E-state index contributed by atoms with van der Waals surface area (Å²) in [5, 5.41) is 17.5. The Morgan fingerprint density at radius 1 is 1.57 bits per heavy atom. The van der Waals surface area contributed by atoms with Gasteiger partial charge in [-0.05, 0) is 11.6 Å². The van der Waals surface area contributed by atoms with Crippen LogP contribution in [0.25, 0.3) is 0 Å². The molecule has 0 spiro atoms. The molecule has 0 amide bonds. The molecule has 0 fully saturated rings. The molecule has 0 saturated heterocycles. The lowest BCUT2D eigenvalue weighted by Gasteiger charge is -2.11. The van der Waals surface area contributed by atoms with Gasteiger partial charge in [-0.25, -0.2) is 9.18 Å². The molecule has 0 radical (unpaired) electrons. The van der Waals surface area contributed by atoms with Crippen LogP contribution < -0.4 is 5.73 Å². The van der Waals surface area contributed by atoms with E-state index in [2.05, 4.69) is 0 Å². The molecule has 5 heteroatoms. The molecule has 0 bridgehead atoms. The maximum absolute atomic E-state index is 13.1. The molecule has 0 aliphatic heterocycles. The van der Waals surface area contributed by atoms with Crippen LogP contribution in [0.1, 0.15) is 22.0 Å². The quantitative estimate of drug-likeness (QED) is 0.662. The first kappa shape index (κ1) is 10.6. The summed E-state index contributed by atoms with van der Waals surface area (Å²) >= 11 is 0. The van der Waals surface area contributed by atoms with E-state index >= 15 is 0 Å². The third kappa shape index (κ3) is 1.89. The van der Waals surface area contributed by atoms with Gasteiger partial charge in [0.15, 0.2) is 0 Å². The first-order chi connectivity index (χ1) is 6.57. The molecule has 1 atom stereocenters. The van der Waals surface area contributed by atoms with Gasteiger partial charge in [0.1, 0.15) is 5.82 Å². The average Bonchev–Trinajstić information content (AvgIpc) is 2.15. The molecule has 0 aromatic heterocycles. The first-order valence-corrected chi connectivity index (χ1v) is 3.96. The zero-order valence-electron chi connectivity index (χ0n) is 7.27. The second-order valence-corrected chi connectivity index (χ2v) is 2.80. The van der Waals surface area contributed by atoms with Gasteiger partial charge in [-0.1, -0.05) is 12.1 Å². The first-order valence-electron chi connectivity index (χ1n) is 3.96. The molecule has 1 aromatic rings. The molecule has 0 saturated carbocycles. The molecule has 4 N–H and O–H groups in total. The number of carboxylic acid groups (broad SMARTS) is 1. The number of aliphatic hydroxyl groups is 1. The van der Waals surface area contributed by atoms with Crippen LogP contribution in [0.15, 0.2) is 18.2 Å². The maximum Gasteiger partial charge on any atom is 0.339 e. The minimum atomic E-state index is -1.39. The van der Waals surface area contributed by atoms with Crippen molar-refractivity contribution >= 4 is 5.97 Å².